The Morgan fingerprint density at radius 1 is 1.00 bits per heavy atom. The van der Waals surface area contributed by atoms with Gasteiger partial charge < -0.3 is 9.57 Å². The number of ether oxygens (including phenoxy) is 1. The maximum absolute atomic E-state index is 12.6. The molecule has 0 aliphatic rings. The Morgan fingerprint density at radius 2 is 1.74 bits per heavy atom. The Hall–Kier alpha value is -3.32. The van der Waals surface area contributed by atoms with Gasteiger partial charge in [0.1, 0.15) is 12.4 Å². The summed E-state index contributed by atoms with van der Waals surface area (Å²) in [5.74, 6) is 0.617. The van der Waals surface area contributed by atoms with Crippen molar-refractivity contribution < 1.29 is 18.0 Å². The summed E-state index contributed by atoms with van der Waals surface area (Å²) < 4.78 is 33.6. The summed E-state index contributed by atoms with van der Waals surface area (Å²) in [6.45, 7) is 4.80. The molecule has 162 valence electrons. The number of rotatable bonds is 10. The standard InChI is InChI=1S/C24H26N2O4S/c1-3-30-25-18-21-11-9-20(10-12-21)13-14-29-23-16-19(2)15-22(17-23)26-31(27,28)24-7-5-4-6-8-24/h4-12,15-18,26H,3,13-14H2,1-2H3. The molecule has 0 atom stereocenters. The molecule has 0 saturated carbocycles. The highest BCUT2D eigenvalue weighted by molar-refractivity contribution is 7.92. The topological polar surface area (TPSA) is 77.0 Å². The number of benzene rings is 3. The second-order valence-corrected chi connectivity index (χ2v) is 8.63. The lowest BCUT2D eigenvalue weighted by Crippen LogP contribution is -2.13. The highest BCUT2D eigenvalue weighted by Gasteiger charge is 2.14. The number of sulfonamides is 1. The summed E-state index contributed by atoms with van der Waals surface area (Å²) in [6.07, 6.45) is 2.40. The lowest BCUT2D eigenvalue weighted by Gasteiger charge is -2.12. The van der Waals surface area contributed by atoms with Crippen LogP contribution in [0.3, 0.4) is 0 Å². The fourth-order valence-corrected chi connectivity index (χ4v) is 4.00. The van der Waals surface area contributed by atoms with Crippen molar-refractivity contribution >= 4 is 21.9 Å². The number of hydrogen-bond acceptors (Lipinski definition) is 5. The van der Waals surface area contributed by atoms with E-state index in [0.29, 0.717) is 24.7 Å². The predicted octanol–water partition coefficient (Wildman–Crippen LogP) is 4.79. The second kappa shape index (κ2) is 10.6. The van der Waals surface area contributed by atoms with Gasteiger partial charge in [-0.15, -0.1) is 0 Å². The highest BCUT2D eigenvalue weighted by atomic mass is 32.2. The first-order chi connectivity index (χ1) is 15.0. The molecule has 6 nitrogen and oxygen atoms in total. The van der Waals surface area contributed by atoms with Gasteiger partial charge in [0, 0.05) is 12.5 Å². The van der Waals surface area contributed by atoms with Gasteiger partial charge in [0.15, 0.2) is 0 Å². The van der Waals surface area contributed by atoms with E-state index in [1.54, 1.807) is 48.7 Å². The third-order valence-corrected chi connectivity index (χ3v) is 5.80. The average Bonchev–Trinajstić information content (AvgIpc) is 2.75. The van der Waals surface area contributed by atoms with E-state index >= 15 is 0 Å². The number of anilines is 1. The summed E-state index contributed by atoms with van der Waals surface area (Å²) in [5, 5.41) is 3.85. The minimum atomic E-state index is -3.65. The van der Waals surface area contributed by atoms with Gasteiger partial charge >= 0.3 is 0 Å². The summed E-state index contributed by atoms with van der Waals surface area (Å²) in [4.78, 5) is 5.18. The van der Waals surface area contributed by atoms with E-state index in [4.69, 9.17) is 9.57 Å². The second-order valence-electron chi connectivity index (χ2n) is 6.95. The zero-order chi connectivity index (χ0) is 22.1. The molecule has 0 unspecified atom stereocenters. The number of nitrogens with zero attached hydrogens (tertiary/aromatic N) is 1. The Labute approximate surface area is 183 Å². The lowest BCUT2D eigenvalue weighted by molar-refractivity contribution is 0.160. The highest BCUT2D eigenvalue weighted by Crippen LogP contribution is 2.23. The van der Waals surface area contributed by atoms with Crippen LogP contribution in [0.1, 0.15) is 23.6 Å². The predicted molar refractivity (Wildman–Crippen MR) is 123 cm³/mol. The zero-order valence-electron chi connectivity index (χ0n) is 17.6. The van der Waals surface area contributed by atoms with E-state index in [2.05, 4.69) is 9.88 Å². The average molecular weight is 439 g/mol. The molecule has 0 aliphatic heterocycles. The minimum absolute atomic E-state index is 0.216. The molecule has 0 spiro atoms. The number of oxime groups is 1. The van der Waals surface area contributed by atoms with E-state index in [0.717, 1.165) is 23.1 Å². The van der Waals surface area contributed by atoms with Crippen LogP contribution in [0.5, 0.6) is 5.75 Å². The number of aryl methyl sites for hydroxylation is 1. The van der Waals surface area contributed by atoms with Crippen molar-refractivity contribution in [3.8, 4) is 5.75 Å². The summed E-state index contributed by atoms with van der Waals surface area (Å²) >= 11 is 0. The molecule has 31 heavy (non-hydrogen) atoms. The van der Waals surface area contributed by atoms with Gasteiger partial charge in [-0.25, -0.2) is 8.42 Å². The van der Waals surface area contributed by atoms with Crippen LogP contribution < -0.4 is 9.46 Å². The molecule has 0 radical (unpaired) electrons. The van der Waals surface area contributed by atoms with Crippen molar-refractivity contribution in [2.45, 2.75) is 25.2 Å². The fourth-order valence-electron chi connectivity index (χ4n) is 2.93. The van der Waals surface area contributed by atoms with Crippen LogP contribution in [-0.4, -0.2) is 27.8 Å². The molecular formula is C24H26N2O4S. The van der Waals surface area contributed by atoms with Crippen LogP contribution in [0.2, 0.25) is 0 Å². The van der Waals surface area contributed by atoms with Gasteiger partial charge in [-0.1, -0.05) is 47.6 Å². The maximum atomic E-state index is 12.6. The van der Waals surface area contributed by atoms with Gasteiger partial charge in [-0.2, -0.15) is 0 Å². The Bertz CT molecular complexity index is 1110. The van der Waals surface area contributed by atoms with E-state index in [-0.39, 0.29) is 4.90 Å². The molecule has 0 heterocycles. The first-order valence-electron chi connectivity index (χ1n) is 10.0. The van der Waals surface area contributed by atoms with Gasteiger partial charge in [-0.3, -0.25) is 4.72 Å². The largest absolute Gasteiger partial charge is 0.493 e. The van der Waals surface area contributed by atoms with Crippen LogP contribution in [0.25, 0.3) is 0 Å². The first kappa shape index (κ1) is 22.4. The number of hydrogen-bond donors (Lipinski definition) is 1. The summed E-state index contributed by atoms with van der Waals surface area (Å²) in [7, 11) is -3.65. The summed E-state index contributed by atoms with van der Waals surface area (Å²) in [5.41, 5.74) is 3.47. The Kier molecular flexibility index (Phi) is 7.67. The first-order valence-corrected chi connectivity index (χ1v) is 11.5. The Morgan fingerprint density at radius 3 is 2.45 bits per heavy atom. The third-order valence-electron chi connectivity index (χ3n) is 4.40. The van der Waals surface area contributed by atoms with Gasteiger partial charge in [0.25, 0.3) is 10.0 Å². The molecule has 0 saturated heterocycles. The molecular weight excluding hydrogens is 412 g/mol. The monoisotopic (exact) mass is 438 g/mol. The van der Waals surface area contributed by atoms with Gasteiger partial charge in [0.2, 0.25) is 0 Å². The SMILES string of the molecule is CCON=Cc1ccc(CCOc2cc(C)cc(NS(=O)(=O)c3ccccc3)c2)cc1. The van der Waals surface area contributed by atoms with Crippen molar-refractivity contribution in [2.75, 3.05) is 17.9 Å². The van der Waals surface area contributed by atoms with E-state index in [1.807, 2.05) is 44.2 Å². The fraction of sp³-hybridized carbons (Fsp3) is 0.208. The molecule has 7 heteroatoms. The smallest absolute Gasteiger partial charge is 0.261 e. The van der Waals surface area contributed by atoms with E-state index in [1.165, 1.54) is 0 Å². The lowest BCUT2D eigenvalue weighted by atomic mass is 10.1. The van der Waals surface area contributed by atoms with E-state index in [9.17, 15) is 8.42 Å². The van der Waals surface area contributed by atoms with Crippen LogP contribution in [0.15, 0.2) is 82.8 Å². The van der Waals surface area contributed by atoms with Gasteiger partial charge in [0.05, 0.1) is 23.4 Å². The molecule has 1 N–H and O–H groups in total. The van der Waals surface area contributed by atoms with E-state index < -0.39 is 10.0 Å². The molecule has 0 bridgehead atoms. The van der Waals surface area contributed by atoms with Crippen molar-refractivity contribution in [3.05, 3.63) is 89.5 Å². The quantitative estimate of drug-likeness (QED) is 0.365. The van der Waals surface area contributed by atoms with Crippen molar-refractivity contribution in [2.24, 2.45) is 5.16 Å². The van der Waals surface area contributed by atoms with Crippen molar-refractivity contribution in [1.29, 1.82) is 0 Å². The van der Waals surface area contributed by atoms with Gasteiger partial charge in [-0.05, 0) is 54.8 Å². The van der Waals surface area contributed by atoms with Crippen LogP contribution in [-0.2, 0) is 21.3 Å². The van der Waals surface area contributed by atoms with Crippen molar-refractivity contribution in [3.63, 3.8) is 0 Å². The zero-order valence-corrected chi connectivity index (χ0v) is 18.4. The molecule has 3 aromatic rings. The van der Waals surface area contributed by atoms with Crippen LogP contribution in [0.4, 0.5) is 5.69 Å². The maximum Gasteiger partial charge on any atom is 0.261 e. The third kappa shape index (κ3) is 6.86. The molecule has 0 amide bonds. The van der Waals surface area contributed by atoms with Crippen LogP contribution >= 0.6 is 0 Å². The molecule has 0 aromatic heterocycles. The molecule has 3 aromatic carbocycles. The number of nitrogens with one attached hydrogen (secondary N) is 1. The summed E-state index contributed by atoms with van der Waals surface area (Å²) in [6, 6.07) is 21.6. The Balaban J connectivity index is 1.59. The normalized spacial score (nSPS) is 11.4. The molecule has 0 aliphatic carbocycles. The van der Waals surface area contributed by atoms with Crippen LogP contribution in [0, 0.1) is 6.92 Å². The van der Waals surface area contributed by atoms with Crippen molar-refractivity contribution in [1.82, 2.24) is 0 Å². The molecule has 0 fully saturated rings. The minimum Gasteiger partial charge on any atom is -0.493 e. The molecule has 3 rings (SSSR count).